The Bertz CT molecular complexity index is 1260. The first-order chi connectivity index (χ1) is 16.8. The molecular weight excluding hydrogens is 498 g/mol. The lowest BCUT2D eigenvalue weighted by Gasteiger charge is -2.31. The Morgan fingerprint density at radius 3 is 2.31 bits per heavy atom. The number of amides is 1. The molecule has 0 saturated heterocycles. The van der Waals surface area contributed by atoms with Gasteiger partial charge < -0.3 is 15.2 Å². The lowest BCUT2D eigenvalue weighted by atomic mass is 9.81. The van der Waals surface area contributed by atoms with E-state index in [0.29, 0.717) is 22.8 Å². The largest absolute Gasteiger partial charge is 0.487 e. The Morgan fingerprint density at radius 2 is 1.72 bits per heavy atom. The number of benzene rings is 3. The summed E-state index contributed by atoms with van der Waals surface area (Å²) in [4.78, 5) is 25.1. The van der Waals surface area contributed by atoms with Gasteiger partial charge in [0.2, 0.25) is 0 Å². The number of fused-ring (bicyclic) bond motifs is 1. The number of aliphatic carboxylic acids is 1. The summed E-state index contributed by atoms with van der Waals surface area (Å²) in [6, 6.07) is 11.3. The second-order valence-electron chi connectivity index (χ2n) is 8.87. The van der Waals surface area contributed by atoms with Gasteiger partial charge in [0.1, 0.15) is 24.2 Å². The molecule has 0 aromatic heterocycles. The van der Waals surface area contributed by atoms with Crippen molar-refractivity contribution in [1.29, 1.82) is 0 Å². The maximum absolute atomic E-state index is 13.8. The molecule has 1 amide bonds. The Kier molecular flexibility index (Phi) is 8.18. The number of rotatable bonds is 9. The van der Waals surface area contributed by atoms with Crippen molar-refractivity contribution in [3.8, 4) is 5.75 Å². The molecule has 192 valence electrons. The van der Waals surface area contributed by atoms with Gasteiger partial charge in [-0.05, 0) is 70.9 Å². The molecule has 0 radical (unpaired) electrons. The average Bonchev–Trinajstić information content (AvgIpc) is 2.80. The molecule has 1 atom stereocenters. The fourth-order valence-corrected chi connectivity index (χ4v) is 4.09. The van der Waals surface area contributed by atoms with E-state index in [9.17, 15) is 32.3 Å². The monoisotopic (exact) mass is 523 g/mol. The number of ether oxygens (including phenoxy) is 1. The summed E-state index contributed by atoms with van der Waals surface area (Å²) >= 11 is -0.232. The number of hydrogen-bond acceptors (Lipinski definition) is 4. The molecule has 10 heteroatoms. The second kappa shape index (κ2) is 10.8. The number of nitrogens with one attached hydrogen (secondary N) is 1. The van der Waals surface area contributed by atoms with Crippen molar-refractivity contribution >= 4 is 34.4 Å². The number of halogens is 4. The third-order valence-corrected chi connectivity index (χ3v) is 6.67. The molecule has 3 aromatic carbocycles. The van der Waals surface area contributed by atoms with E-state index in [4.69, 9.17) is 4.74 Å². The van der Waals surface area contributed by atoms with E-state index in [1.165, 1.54) is 54.6 Å². The molecule has 0 unspecified atom stereocenters. The van der Waals surface area contributed by atoms with Crippen LogP contribution in [0.1, 0.15) is 43.1 Å². The zero-order valence-electron chi connectivity index (χ0n) is 19.8. The maximum Gasteiger partial charge on any atom is 0.446 e. The second-order valence-corrected chi connectivity index (χ2v) is 10.0. The number of carboxylic acid groups (broad SMARTS) is 1. The lowest BCUT2D eigenvalue weighted by Crippen LogP contribution is -2.50. The van der Waals surface area contributed by atoms with Crippen LogP contribution in [0.5, 0.6) is 5.75 Å². The Labute approximate surface area is 209 Å². The SMILES string of the molecule is CCC(C)(C)[C@H](NC(=O)c1ccc2cc(F)ccc2c1OCc1ccc(SC(F)(F)F)cc1)C(=O)O. The minimum atomic E-state index is -4.40. The summed E-state index contributed by atoms with van der Waals surface area (Å²) in [6.45, 7) is 5.19. The summed E-state index contributed by atoms with van der Waals surface area (Å²) in [5.74, 6) is -2.24. The highest BCUT2D eigenvalue weighted by Crippen LogP contribution is 2.37. The van der Waals surface area contributed by atoms with Crippen LogP contribution >= 0.6 is 11.8 Å². The van der Waals surface area contributed by atoms with Crippen LogP contribution in [0.3, 0.4) is 0 Å². The van der Waals surface area contributed by atoms with Crippen LogP contribution in [0, 0.1) is 11.2 Å². The van der Waals surface area contributed by atoms with Gasteiger partial charge in [-0.1, -0.05) is 39.0 Å². The zero-order valence-corrected chi connectivity index (χ0v) is 20.6. The Hall–Kier alpha value is -3.27. The van der Waals surface area contributed by atoms with E-state index in [-0.39, 0.29) is 34.6 Å². The van der Waals surface area contributed by atoms with Crippen LogP contribution < -0.4 is 10.1 Å². The van der Waals surface area contributed by atoms with Gasteiger partial charge in [0, 0.05) is 10.3 Å². The standard InChI is InChI=1S/C26H25F4NO4S/c1-4-25(2,3)22(24(33)34)31-23(32)20-11-7-16-13-17(27)8-12-19(16)21(20)35-14-15-5-9-18(10-6-15)36-26(28,29)30/h5-13,22H,4,14H2,1-3H3,(H,31,32)(H,33,34)/t22-/m1/s1. The van der Waals surface area contributed by atoms with Crippen molar-refractivity contribution in [3.05, 3.63) is 71.5 Å². The summed E-state index contributed by atoms with van der Waals surface area (Å²) in [5.41, 5.74) is -4.55. The third kappa shape index (κ3) is 6.69. The number of carboxylic acids is 1. The Morgan fingerprint density at radius 1 is 1.06 bits per heavy atom. The van der Waals surface area contributed by atoms with E-state index in [1.807, 2.05) is 6.92 Å². The maximum atomic E-state index is 13.8. The molecule has 0 bridgehead atoms. The third-order valence-electron chi connectivity index (χ3n) is 5.93. The zero-order chi connectivity index (χ0) is 26.7. The number of carbonyl (C=O) groups is 2. The molecule has 0 fully saturated rings. The fourth-order valence-electron chi connectivity index (χ4n) is 3.55. The predicted octanol–water partition coefficient (Wildman–Crippen LogP) is 6.79. The van der Waals surface area contributed by atoms with E-state index >= 15 is 0 Å². The van der Waals surface area contributed by atoms with E-state index < -0.39 is 34.7 Å². The minimum absolute atomic E-state index is 0.0187. The number of thioether (sulfide) groups is 1. The van der Waals surface area contributed by atoms with Gasteiger partial charge >= 0.3 is 11.5 Å². The lowest BCUT2D eigenvalue weighted by molar-refractivity contribution is -0.142. The molecule has 0 saturated carbocycles. The van der Waals surface area contributed by atoms with Gasteiger partial charge in [-0.25, -0.2) is 9.18 Å². The van der Waals surface area contributed by atoms with Gasteiger partial charge in [-0.2, -0.15) is 13.2 Å². The molecule has 0 aliphatic carbocycles. The molecule has 0 heterocycles. The quantitative estimate of drug-likeness (QED) is 0.239. The van der Waals surface area contributed by atoms with Crippen molar-refractivity contribution in [1.82, 2.24) is 5.32 Å². The predicted molar refractivity (Wildman–Crippen MR) is 130 cm³/mol. The van der Waals surface area contributed by atoms with Crippen LogP contribution in [0.4, 0.5) is 17.6 Å². The molecule has 3 aromatic rings. The highest BCUT2D eigenvalue weighted by molar-refractivity contribution is 8.00. The molecule has 0 aliphatic heterocycles. The van der Waals surface area contributed by atoms with Crippen LogP contribution in [0.25, 0.3) is 10.8 Å². The van der Waals surface area contributed by atoms with Crippen molar-refractivity contribution in [3.63, 3.8) is 0 Å². The van der Waals surface area contributed by atoms with Crippen LogP contribution in [-0.2, 0) is 11.4 Å². The first kappa shape index (κ1) is 27.3. The number of carbonyl (C=O) groups excluding carboxylic acids is 1. The molecule has 3 rings (SSSR count). The van der Waals surface area contributed by atoms with E-state index in [0.717, 1.165) is 0 Å². The average molecular weight is 524 g/mol. The van der Waals surface area contributed by atoms with Gasteiger partial charge in [0.25, 0.3) is 5.91 Å². The molecule has 5 nitrogen and oxygen atoms in total. The molecule has 0 spiro atoms. The fraction of sp³-hybridized carbons (Fsp3) is 0.308. The van der Waals surface area contributed by atoms with E-state index in [1.54, 1.807) is 13.8 Å². The van der Waals surface area contributed by atoms with Crippen LogP contribution in [-0.4, -0.2) is 28.5 Å². The highest BCUT2D eigenvalue weighted by atomic mass is 32.2. The van der Waals surface area contributed by atoms with Crippen LogP contribution in [0.15, 0.2) is 59.5 Å². The summed E-state index contributed by atoms with van der Waals surface area (Å²) in [7, 11) is 0. The van der Waals surface area contributed by atoms with Gasteiger partial charge in [-0.3, -0.25) is 4.79 Å². The van der Waals surface area contributed by atoms with Crippen molar-refractivity contribution in [2.24, 2.45) is 5.41 Å². The van der Waals surface area contributed by atoms with Crippen molar-refractivity contribution in [2.75, 3.05) is 0 Å². The molecule has 2 N–H and O–H groups in total. The smallest absolute Gasteiger partial charge is 0.446 e. The summed E-state index contributed by atoms with van der Waals surface area (Å²) in [6.07, 6.45) is 0.493. The van der Waals surface area contributed by atoms with Gasteiger partial charge in [0.15, 0.2) is 0 Å². The van der Waals surface area contributed by atoms with Crippen molar-refractivity contribution < 1.29 is 37.0 Å². The van der Waals surface area contributed by atoms with E-state index in [2.05, 4.69) is 5.32 Å². The summed E-state index contributed by atoms with van der Waals surface area (Å²) < 4.78 is 57.5. The van der Waals surface area contributed by atoms with Crippen LogP contribution in [0.2, 0.25) is 0 Å². The molecule has 36 heavy (non-hydrogen) atoms. The summed E-state index contributed by atoms with van der Waals surface area (Å²) in [5, 5.41) is 13.1. The first-order valence-corrected chi connectivity index (χ1v) is 11.9. The highest BCUT2D eigenvalue weighted by Gasteiger charge is 2.36. The minimum Gasteiger partial charge on any atom is -0.487 e. The Balaban J connectivity index is 1.93. The topological polar surface area (TPSA) is 75.6 Å². The normalized spacial score (nSPS) is 12.9. The number of hydrogen-bond donors (Lipinski definition) is 2. The van der Waals surface area contributed by atoms with Crippen molar-refractivity contribution in [2.45, 2.75) is 50.2 Å². The van der Waals surface area contributed by atoms with Gasteiger partial charge in [-0.15, -0.1) is 0 Å². The first-order valence-electron chi connectivity index (χ1n) is 11.0. The number of alkyl halides is 3. The molecular formula is C26H25F4NO4S. The molecule has 0 aliphatic rings. The van der Waals surface area contributed by atoms with Gasteiger partial charge in [0.05, 0.1) is 5.56 Å².